The van der Waals surface area contributed by atoms with E-state index < -0.39 is 0 Å². The van der Waals surface area contributed by atoms with Gasteiger partial charge in [-0.1, -0.05) is 76.9 Å². The molecule has 2 aromatic carbocycles. The normalized spacial score (nSPS) is 9.47. The van der Waals surface area contributed by atoms with Crippen LogP contribution in [0.25, 0.3) is 20.2 Å². The molecule has 3 aromatic rings. The van der Waals surface area contributed by atoms with E-state index in [0.29, 0.717) is 0 Å². The first-order valence-corrected chi connectivity index (χ1v) is 7.96. The summed E-state index contributed by atoms with van der Waals surface area (Å²) in [5.41, 5.74) is 0. The van der Waals surface area contributed by atoms with E-state index in [0.717, 1.165) is 0 Å². The molecule has 0 aliphatic carbocycles. The molecule has 0 N–H and O–H groups in total. The molecular formula is C18H24S. The van der Waals surface area contributed by atoms with Crippen molar-refractivity contribution in [1.82, 2.24) is 0 Å². The summed E-state index contributed by atoms with van der Waals surface area (Å²) in [6, 6.07) is 17.1. The Balaban J connectivity index is 0.000000261. The van der Waals surface area contributed by atoms with Crippen LogP contribution in [0.3, 0.4) is 0 Å². The van der Waals surface area contributed by atoms with Crippen molar-refractivity contribution < 1.29 is 0 Å². The SMILES string of the molecule is CCC.CCC.c1ccc2c(c1)sc1ccccc12. The van der Waals surface area contributed by atoms with Crippen molar-refractivity contribution in [1.29, 1.82) is 0 Å². The van der Waals surface area contributed by atoms with E-state index in [1.54, 1.807) is 0 Å². The van der Waals surface area contributed by atoms with Gasteiger partial charge in [-0.2, -0.15) is 0 Å². The molecule has 0 saturated heterocycles. The van der Waals surface area contributed by atoms with Crippen LogP contribution < -0.4 is 0 Å². The number of hydrogen-bond acceptors (Lipinski definition) is 1. The molecule has 0 nitrogen and oxygen atoms in total. The number of hydrogen-bond donors (Lipinski definition) is 0. The Morgan fingerprint density at radius 2 is 0.947 bits per heavy atom. The van der Waals surface area contributed by atoms with Gasteiger partial charge in [-0.15, -0.1) is 11.3 Å². The summed E-state index contributed by atoms with van der Waals surface area (Å²) < 4.78 is 2.76. The first-order chi connectivity index (χ1) is 9.28. The smallest absolute Gasteiger partial charge is 0.0355 e. The van der Waals surface area contributed by atoms with Crippen molar-refractivity contribution in [3.05, 3.63) is 48.5 Å². The quantitative estimate of drug-likeness (QED) is 0.418. The monoisotopic (exact) mass is 272 g/mol. The Morgan fingerprint density at radius 1 is 0.632 bits per heavy atom. The summed E-state index contributed by atoms with van der Waals surface area (Å²) in [5.74, 6) is 0. The third-order valence-corrected chi connectivity index (χ3v) is 3.44. The second-order valence-electron chi connectivity index (χ2n) is 4.51. The lowest BCUT2D eigenvalue weighted by Gasteiger charge is -1.88. The molecule has 0 amide bonds. The Bertz CT molecular complexity index is 540. The van der Waals surface area contributed by atoms with Crippen molar-refractivity contribution in [2.45, 2.75) is 40.5 Å². The molecule has 0 atom stereocenters. The Labute approximate surface area is 121 Å². The van der Waals surface area contributed by atoms with Gasteiger partial charge in [0.25, 0.3) is 0 Å². The summed E-state index contributed by atoms with van der Waals surface area (Å²) in [7, 11) is 0. The molecular weight excluding hydrogens is 248 g/mol. The average molecular weight is 272 g/mol. The maximum atomic E-state index is 2.19. The molecule has 0 saturated carbocycles. The molecule has 3 rings (SSSR count). The number of fused-ring (bicyclic) bond motifs is 3. The summed E-state index contributed by atoms with van der Waals surface area (Å²) in [4.78, 5) is 0. The van der Waals surface area contributed by atoms with Crippen molar-refractivity contribution in [2.75, 3.05) is 0 Å². The lowest BCUT2D eigenvalue weighted by Crippen LogP contribution is -1.62. The minimum absolute atomic E-state index is 1.25. The van der Waals surface area contributed by atoms with E-state index in [1.807, 2.05) is 11.3 Å². The minimum Gasteiger partial charge on any atom is -0.135 e. The zero-order chi connectivity index (χ0) is 14.1. The number of rotatable bonds is 0. The van der Waals surface area contributed by atoms with Gasteiger partial charge in [0.05, 0.1) is 0 Å². The highest BCUT2D eigenvalue weighted by atomic mass is 32.1. The highest BCUT2D eigenvalue weighted by molar-refractivity contribution is 7.25. The van der Waals surface area contributed by atoms with Gasteiger partial charge in [-0.3, -0.25) is 0 Å². The van der Waals surface area contributed by atoms with Gasteiger partial charge in [0.2, 0.25) is 0 Å². The zero-order valence-electron chi connectivity index (χ0n) is 12.4. The molecule has 0 fully saturated rings. The van der Waals surface area contributed by atoms with E-state index in [1.165, 1.54) is 33.0 Å². The summed E-state index contributed by atoms with van der Waals surface area (Å²) in [5, 5.41) is 2.76. The van der Waals surface area contributed by atoms with E-state index in [9.17, 15) is 0 Å². The molecule has 0 radical (unpaired) electrons. The van der Waals surface area contributed by atoms with Gasteiger partial charge < -0.3 is 0 Å². The topological polar surface area (TPSA) is 0 Å². The number of benzene rings is 2. The predicted molar refractivity (Wildman–Crippen MR) is 91.3 cm³/mol. The fraction of sp³-hybridized carbons (Fsp3) is 0.333. The first kappa shape index (κ1) is 15.7. The highest BCUT2D eigenvalue weighted by Crippen LogP contribution is 2.32. The van der Waals surface area contributed by atoms with Crippen LogP contribution in [0.15, 0.2) is 48.5 Å². The third-order valence-electron chi connectivity index (χ3n) is 2.28. The molecule has 0 aliphatic rings. The third kappa shape index (κ3) is 4.36. The Hall–Kier alpha value is -1.34. The van der Waals surface area contributed by atoms with Gasteiger partial charge in [0.15, 0.2) is 0 Å². The van der Waals surface area contributed by atoms with Crippen molar-refractivity contribution in [2.24, 2.45) is 0 Å². The van der Waals surface area contributed by atoms with Crippen LogP contribution in [0.5, 0.6) is 0 Å². The van der Waals surface area contributed by atoms with Gasteiger partial charge >= 0.3 is 0 Å². The largest absolute Gasteiger partial charge is 0.135 e. The van der Waals surface area contributed by atoms with Crippen LogP contribution in [0.4, 0.5) is 0 Å². The van der Waals surface area contributed by atoms with E-state index >= 15 is 0 Å². The molecule has 0 bridgehead atoms. The van der Waals surface area contributed by atoms with Crippen LogP contribution in [0, 0.1) is 0 Å². The standard InChI is InChI=1S/C12H8S.2C3H8/c1-3-7-11-9(5-1)10-6-2-4-8-12(10)13-11;2*1-3-2/h1-8H;2*3H2,1-2H3. The summed E-state index contributed by atoms with van der Waals surface area (Å²) in [6.45, 7) is 8.50. The number of thiophene rings is 1. The van der Waals surface area contributed by atoms with Crippen LogP contribution in [-0.4, -0.2) is 0 Å². The molecule has 0 spiro atoms. The summed E-state index contributed by atoms with van der Waals surface area (Å²) in [6.07, 6.45) is 2.50. The van der Waals surface area contributed by atoms with Gasteiger partial charge in [-0.05, 0) is 12.1 Å². The Kier molecular flexibility index (Phi) is 7.20. The van der Waals surface area contributed by atoms with Gasteiger partial charge in [0, 0.05) is 20.2 Å². The summed E-state index contributed by atoms with van der Waals surface area (Å²) >= 11 is 1.86. The molecule has 0 aliphatic heterocycles. The maximum Gasteiger partial charge on any atom is 0.0355 e. The Morgan fingerprint density at radius 3 is 1.32 bits per heavy atom. The molecule has 0 unspecified atom stereocenters. The van der Waals surface area contributed by atoms with Crippen LogP contribution in [0.2, 0.25) is 0 Å². The fourth-order valence-corrected chi connectivity index (χ4v) is 2.78. The molecule has 102 valence electrons. The highest BCUT2D eigenvalue weighted by Gasteiger charge is 2.01. The molecule has 1 heterocycles. The van der Waals surface area contributed by atoms with Crippen LogP contribution in [0.1, 0.15) is 40.5 Å². The second-order valence-corrected chi connectivity index (χ2v) is 5.59. The minimum atomic E-state index is 1.25. The van der Waals surface area contributed by atoms with Crippen LogP contribution >= 0.6 is 11.3 Å². The molecule has 19 heavy (non-hydrogen) atoms. The van der Waals surface area contributed by atoms with E-state index in [4.69, 9.17) is 0 Å². The van der Waals surface area contributed by atoms with Gasteiger partial charge in [0.1, 0.15) is 0 Å². The second kappa shape index (κ2) is 8.71. The molecule has 1 aromatic heterocycles. The first-order valence-electron chi connectivity index (χ1n) is 7.14. The van der Waals surface area contributed by atoms with E-state index in [-0.39, 0.29) is 0 Å². The predicted octanol–water partition coefficient (Wildman–Crippen LogP) is 6.89. The van der Waals surface area contributed by atoms with E-state index in [2.05, 4.69) is 76.2 Å². The zero-order valence-corrected chi connectivity index (χ0v) is 13.3. The van der Waals surface area contributed by atoms with Crippen molar-refractivity contribution in [3.8, 4) is 0 Å². The fourth-order valence-electron chi connectivity index (χ4n) is 1.67. The van der Waals surface area contributed by atoms with Crippen LogP contribution in [-0.2, 0) is 0 Å². The average Bonchev–Trinajstić information content (AvgIpc) is 2.79. The van der Waals surface area contributed by atoms with Crippen molar-refractivity contribution >= 4 is 31.5 Å². The maximum absolute atomic E-state index is 2.19. The lowest BCUT2D eigenvalue weighted by molar-refractivity contribution is 1.09. The van der Waals surface area contributed by atoms with Crippen molar-refractivity contribution in [3.63, 3.8) is 0 Å². The lowest BCUT2D eigenvalue weighted by atomic mass is 10.2. The molecule has 1 heteroatoms. The van der Waals surface area contributed by atoms with Gasteiger partial charge in [-0.25, -0.2) is 0 Å².